The predicted octanol–water partition coefficient (Wildman–Crippen LogP) is 5.21. The molecule has 0 fully saturated rings. The zero-order valence-electron chi connectivity index (χ0n) is 17.6. The Hall–Kier alpha value is -2.53. The van der Waals surface area contributed by atoms with Crippen molar-refractivity contribution in [3.8, 4) is 11.3 Å². The van der Waals surface area contributed by atoms with Gasteiger partial charge in [0, 0.05) is 31.3 Å². The highest BCUT2D eigenvalue weighted by Gasteiger charge is 2.39. The predicted molar refractivity (Wildman–Crippen MR) is 114 cm³/mol. The molecule has 0 spiro atoms. The summed E-state index contributed by atoms with van der Waals surface area (Å²) in [5, 5.41) is 0. The third kappa shape index (κ3) is 2.91. The molecule has 5 rings (SSSR count). The summed E-state index contributed by atoms with van der Waals surface area (Å²) in [6, 6.07) is 11.2. The maximum Gasteiger partial charge on any atom is 0.123 e. The molecule has 2 aromatic heterocycles. The van der Waals surface area contributed by atoms with E-state index in [9.17, 15) is 4.39 Å². The van der Waals surface area contributed by atoms with Crippen LogP contribution in [0.2, 0.25) is 0 Å². The number of aromatic nitrogens is 1. The van der Waals surface area contributed by atoms with E-state index >= 15 is 0 Å². The molecule has 0 radical (unpaired) electrons. The number of nitrogens with zero attached hydrogens (tertiary/aromatic N) is 3. The molecule has 3 aromatic rings. The Bertz CT molecular complexity index is 1070. The quantitative estimate of drug-likeness (QED) is 0.598. The van der Waals surface area contributed by atoms with Crippen molar-refractivity contribution >= 4 is 5.69 Å². The Morgan fingerprint density at radius 1 is 1.14 bits per heavy atom. The van der Waals surface area contributed by atoms with Gasteiger partial charge in [-0.1, -0.05) is 19.1 Å². The molecule has 0 saturated carbocycles. The fourth-order valence-corrected chi connectivity index (χ4v) is 5.32. The fourth-order valence-electron chi connectivity index (χ4n) is 5.32. The number of hydrogen-bond donors (Lipinski definition) is 0. The fraction of sp³-hybridized carbons (Fsp3) is 0.417. The first-order chi connectivity index (χ1) is 13.9. The van der Waals surface area contributed by atoms with Gasteiger partial charge in [-0.05, 0) is 50.6 Å². The molecule has 4 nitrogen and oxygen atoms in total. The van der Waals surface area contributed by atoms with Crippen molar-refractivity contribution in [1.29, 1.82) is 0 Å². The maximum absolute atomic E-state index is 14.1. The van der Waals surface area contributed by atoms with Crippen LogP contribution in [0.5, 0.6) is 0 Å². The molecule has 2 atom stereocenters. The number of aryl methyl sites for hydroxylation is 1. The van der Waals surface area contributed by atoms with Gasteiger partial charge in [-0.15, -0.1) is 0 Å². The van der Waals surface area contributed by atoms with Crippen molar-refractivity contribution in [2.45, 2.75) is 39.3 Å². The number of benzene rings is 1. The summed E-state index contributed by atoms with van der Waals surface area (Å²) in [5.41, 5.74) is 6.04. The summed E-state index contributed by atoms with van der Waals surface area (Å²) in [6.07, 6.45) is 1.08. The normalized spacial score (nSPS) is 21.9. The maximum atomic E-state index is 14.1. The molecule has 5 heteroatoms. The molecule has 2 unspecified atom stereocenters. The van der Waals surface area contributed by atoms with Crippen molar-refractivity contribution in [1.82, 2.24) is 9.47 Å². The van der Waals surface area contributed by atoms with Crippen molar-refractivity contribution in [3.05, 3.63) is 65.0 Å². The molecule has 0 amide bonds. The number of anilines is 1. The van der Waals surface area contributed by atoms with E-state index < -0.39 is 0 Å². The summed E-state index contributed by atoms with van der Waals surface area (Å²) >= 11 is 0. The summed E-state index contributed by atoms with van der Waals surface area (Å²) in [4.78, 5) is 4.65. The lowest BCUT2D eigenvalue weighted by Crippen LogP contribution is -2.38. The van der Waals surface area contributed by atoms with E-state index in [1.165, 1.54) is 23.0 Å². The van der Waals surface area contributed by atoms with Crippen LogP contribution in [0.15, 0.2) is 40.8 Å². The van der Waals surface area contributed by atoms with Crippen LogP contribution >= 0.6 is 0 Å². The Morgan fingerprint density at radius 2 is 1.97 bits per heavy atom. The van der Waals surface area contributed by atoms with Gasteiger partial charge >= 0.3 is 0 Å². The number of hydrogen-bond acceptors (Lipinski definition) is 3. The SMILES string of the molecule is Cc1ccc(C2c3c4c(c(-c5cccc(F)c5)n3CCC2C)CN(C)CN4C)o1. The molecule has 29 heavy (non-hydrogen) atoms. The van der Waals surface area contributed by atoms with Gasteiger partial charge in [0.2, 0.25) is 0 Å². The van der Waals surface area contributed by atoms with Crippen LogP contribution in [0.4, 0.5) is 10.1 Å². The molecule has 152 valence electrons. The van der Waals surface area contributed by atoms with Gasteiger partial charge in [-0.2, -0.15) is 0 Å². The molecule has 1 aromatic carbocycles. The molecular formula is C24H28FN3O. The Balaban J connectivity index is 1.80. The van der Waals surface area contributed by atoms with Gasteiger partial charge in [0.25, 0.3) is 0 Å². The monoisotopic (exact) mass is 393 g/mol. The summed E-state index contributed by atoms with van der Waals surface area (Å²) < 4.78 is 22.7. The van der Waals surface area contributed by atoms with E-state index in [4.69, 9.17) is 4.42 Å². The average molecular weight is 394 g/mol. The molecule has 0 saturated heterocycles. The van der Waals surface area contributed by atoms with E-state index in [2.05, 4.69) is 47.5 Å². The Labute approximate surface area is 171 Å². The van der Waals surface area contributed by atoms with Gasteiger partial charge in [0.1, 0.15) is 17.3 Å². The van der Waals surface area contributed by atoms with Crippen LogP contribution in [0.25, 0.3) is 11.3 Å². The zero-order valence-corrected chi connectivity index (χ0v) is 17.6. The molecule has 0 aliphatic carbocycles. The van der Waals surface area contributed by atoms with Crippen molar-refractivity contribution in [2.75, 3.05) is 25.7 Å². The van der Waals surface area contributed by atoms with Crippen molar-refractivity contribution in [3.63, 3.8) is 0 Å². The largest absolute Gasteiger partial charge is 0.466 e. The second kappa shape index (κ2) is 6.77. The van der Waals surface area contributed by atoms with Crippen LogP contribution in [0.1, 0.15) is 42.0 Å². The van der Waals surface area contributed by atoms with E-state index in [0.29, 0.717) is 5.92 Å². The lowest BCUT2D eigenvalue weighted by Gasteiger charge is -2.36. The van der Waals surface area contributed by atoms with Gasteiger partial charge in [0.15, 0.2) is 0 Å². The zero-order chi connectivity index (χ0) is 20.3. The molecule has 0 bridgehead atoms. The first kappa shape index (κ1) is 18.5. The standard InChI is InChI=1S/C24H28FN3O/c1-15-10-11-28-22(17-6-5-7-18(25)12-17)19-13-26(3)14-27(4)23(19)24(28)21(15)20-9-8-16(2)29-20/h5-9,12,15,21H,10-11,13-14H2,1-4H3. The average Bonchev–Trinajstić information content (AvgIpc) is 3.22. The molecule has 4 heterocycles. The smallest absolute Gasteiger partial charge is 0.123 e. The van der Waals surface area contributed by atoms with Gasteiger partial charge in [-0.3, -0.25) is 4.90 Å². The third-order valence-electron chi connectivity index (χ3n) is 6.48. The first-order valence-electron chi connectivity index (χ1n) is 10.4. The number of furan rings is 1. The topological polar surface area (TPSA) is 24.6 Å². The highest BCUT2D eigenvalue weighted by molar-refractivity contribution is 5.78. The summed E-state index contributed by atoms with van der Waals surface area (Å²) in [7, 11) is 4.30. The van der Waals surface area contributed by atoms with Gasteiger partial charge in [0.05, 0.1) is 29.7 Å². The molecule has 2 aliphatic heterocycles. The number of fused-ring (bicyclic) bond motifs is 3. The number of rotatable bonds is 2. The summed E-state index contributed by atoms with van der Waals surface area (Å²) in [5.74, 6) is 2.49. The summed E-state index contributed by atoms with van der Waals surface area (Å²) in [6.45, 7) is 7.02. The van der Waals surface area contributed by atoms with E-state index in [0.717, 1.165) is 49.0 Å². The molecular weight excluding hydrogens is 365 g/mol. The van der Waals surface area contributed by atoms with Crippen LogP contribution in [0.3, 0.4) is 0 Å². The lowest BCUT2D eigenvalue weighted by molar-refractivity contribution is 0.313. The minimum absolute atomic E-state index is 0.188. The second-order valence-corrected chi connectivity index (χ2v) is 8.77. The van der Waals surface area contributed by atoms with Gasteiger partial charge < -0.3 is 13.9 Å². The Morgan fingerprint density at radius 3 is 2.69 bits per heavy atom. The molecule has 2 aliphatic rings. The second-order valence-electron chi connectivity index (χ2n) is 8.77. The van der Waals surface area contributed by atoms with E-state index in [1.807, 2.05) is 19.1 Å². The van der Waals surface area contributed by atoms with Gasteiger partial charge in [-0.25, -0.2) is 4.39 Å². The van der Waals surface area contributed by atoms with Crippen LogP contribution in [-0.2, 0) is 13.1 Å². The first-order valence-corrected chi connectivity index (χ1v) is 10.4. The Kier molecular flexibility index (Phi) is 4.32. The molecule has 0 N–H and O–H groups in total. The van der Waals surface area contributed by atoms with Crippen LogP contribution < -0.4 is 4.90 Å². The van der Waals surface area contributed by atoms with Crippen LogP contribution in [0, 0.1) is 18.7 Å². The third-order valence-corrected chi connectivity index (χ3v) is 6.48. The van der Waals surface area contributed by atoms with Crippen molar-refractivity contribution in [2.24, 2.45) is 5.92 Å². The minimum Gasteiger partial charge on any atom is -0.466 e. The number of halogens is 1. The minimum atomic E-state index is -0.188. The highest BCUT2D eigenvalue weighted by atomic mass is 19.1. The lowest BCUT2D eigenvalue weighted by atomic mass is 9.83. The van der Waals surface area contributed by atoms with E-state index in [1.54, 1.807) is 6.07 Å². The van der Waals surface area contributed by atoms with Crippen molar-refractivity contribution < 1.29 is 8.81 Å². The van der Waals surface area contributed by atoms with E-state index in [-0.39, 0.29) is 11.7 Å². The van der Waals surface area contributed by atoms with Crippen LogP contribution in [-0.4, -0.2) is 30.2 Å². The highest BCUT2D eigenvalue weighted by Crippen LogP contribution is 2.50.